The molecule has 0 atom stereocenters. The Morgan fingerprint density at radius 3 is 2.80 bits per heavy atom. The van der Waals surface area contributed by atoms with E-state index in [1.54, 1.807) is 20.1 Å². The highest BCUT2D eigenvalue weighted by Crippen LogP contribution is 2.16. The Balaban J connectivity index is 2.74. The molecule has 20 heavy (non-hydrogen) atoms. The monoisotopic (exact) mass is 283 g/mol. The maximum Gasteiger partial charge on any atom is 0.268 e. The van der Waals surface area contributed by atoms with Crippen molar-refractivity contribution in [3.63, 3.8) is 0 Å². The first-order chi connectivity index (χ1) is 9.47. The van der Waals surface area contributed by atoms with Crippen LogP contribution in [0.15, 0.2) is 10.5 Å². The van der Waals surface area contributed by atoms with Gasteiger partial charge in [0, 0.05) is 20.2 Å². The summed E-state index contributed by atoms with van der Waals surface area (Å²) in [5.41, 5.74) is 2.61. The molecule has 0 saturated heterocycles. The number of ether oxygens (including phenoxy) is 1. The number of aryl methyl sites for hydroxylation is 1. The lowest BCUT2D eigenvalue weighted by Gasteiger charge is -2.22. The lowest BCUT2D eigenvalue weighted by molar-refractivity contribution is 0.0952. The van der Waals surface area contributed by atoms with Crippen molar-refractivity contribution in [1.29, 1.82) is 0 Å². The summed E-state index contributed by atoms with van der Waals surface area (Å²) in [7, 11) is 1.69. The molecule has 0 radical (unpaired) electrons. The van der Waals surface area contributed by atoms with Crippen molar-refractivity contribution in [1.82, 2.24) is 10.3 Å². The van der Waals surface area contributed by atoms with E-state index in [2.05, 4.69) is 24.2 Å². The number of nitrogens with one attached hydrogen (secondary N) is 1. The van der Waals surface area contributed by atoms with E-state index in [1.807, 2.05) is 0 Å². The van der Waals surface area contributed by atoms with Gasteiger partial charge in [-0.2, -0.15) is 0 Å². The molecule has 6 heteroatoms. The van der Waals surface area contributed by atoms with Crippen LogP contribution in [0.2, 0.25) is 0 Å². The average molecular weight is 283 g/mol. The van der Waals surface area contributed by atoms with E-state index >= 15 is 0 Å². The third kappa shape index (κ3) is 4.96. The summed E-state index contributed by atoms with van der Waals surface area (Å²) in [5.74, 6) is 6.71. The number of rotatable bonds is 8. The van der Waals surface area contributed by atoms with Gasteiger partial charge in [-0.3, -0.25) is 15.1 Å². The number of nitrogens with zero attached hydrogens (tertiary/aromatic N) is 1. The normalized spacial score (nSPS) is 11.3. The zero-order chi connectivity index (χ0) is 15.1. The van der Waals surface area contributed by atoms with Gasteiger partial charge in [-0.25, -0.2) is 5.84 Å². The molecule has 1 heterocycles. The van der Waals surface area contributed by atoms with Crippen LogP contribution < -0.4 is 11.3 Å². The molecule has 0 aliphatic carbocycles. The van der Waals surface area contributed by atoms with Gasteiger partial charge in [0.2, 0.25) is 0 Å². The maximum absolute atomic E-state index is 11.6. The molecule has 0 aliphatic rings. The second-order valence-corrected chi connectivity index (χ2v) is 5.28. The van der Waals surface area contributed by atoms with Crippen LogP contribution in [0, 0.1) is 12.8 Å². The van der Waals surface area contributed by atoms with Gasteiger partial charge in [-0.15, -0.1) is 0 Å². The summed E-state index contributed by atoms with van der Waals surface area (Å²) < 4.78 is 10.8. The van der Waals surface area contributed by atoms with Gasteiger partial charge in [-0.1, -0.05) is 13.8 Å². The lowest BCUT2D eigenvalue weighted by atomic mass is 10.2. The molecule has 6 nitrogen and oxygen atoms in total. The summed E-state index contributed by atoms with van der Waals surface area (Å²) in [6, 6.07) is 1.75. The van der Waals surface area contributed by atoms with Crippen LogP contribution in [0.3, 0.4) is 0 Å². The predicted octanol–water partition coefficient (Wildman–Crippen LogP) is 1.30. The highest BCUT2D eigenvalue weighted by Gasteiger charge is 2.16. The molecule has 0 spiro atoms. The molecule has 114 valence electrons. The fourth-order valence-electron chi connectivity index (χ4n) is 2.12. The Kier molecular flexibility index (Phi) is 6.70. The molecule has 1 aromatic rings. The van der Waals surface area contributed by atoms with Crippen LogP contribution in [0.1, 0.15) is 35.7 Å². The third-order valence-electron chi connectivity index (χ3n) is 2.96. The molecule has 0 unspecified atom stereocenters. The Hall–Kier alpha value is -1.37. The van der Waals surface area contributed by atoms with Gasteiger partial charge >= 0.3 is 0 Å². The Labute approximate surface area is 120 Å². The lowest BCUT2D eigenvalue weighted by Crippen LogP contribution is -2.31. The van der Waals surface area contributed by atoms with E-state index in [1.165, 1.54) is 0 Å². The van der Waals surface area contributed by atoms with E-state index in [9.17, 15) is 4.79 Å². The van der Waals surface area contributed by atoms with Crippen LogP contribution >= 0.6 is 0 Å². The summed E-state index contributed by atoms with van der Waals surface area (Å²) in [5, 5.41) is 0. The van der Waals surface area contributed by atoms with E-state index in [0.717, 1.165) is 18.8 Å². The minimum atomic E-state index is -0.329. The molecule has 0 aromatic carbocycles. The molecule has 1 aromatic heterocycles. The summed E-state index contributed by atoms with van der Waals surface area (Å²) >= 11 is 0. The fourth-order valence-corrected chi connectivity index (χ4v) is 2.12. The first-order valence-corrected chi connectivity index (χ1v) is 6.79. The van der Waals surface area contributed by atoms with Gasteiger partial charge in [0.1, 0.15) is 11.5 Å². The average Bonchev–Trinajstić information content (AvgIpc) is 2.75. The summed E-state index contributed by atoms with van der Waals surface area (Å²) in [6.45, 7) is 9.19. The second kappa shape index (κ2) is 8.04. The predicted molar refractivity (Wildman–Crippen MR) is 77.1 cm³/mol. The minimum absolute atomic E-state index is 0.329. The fraction of sp³-hybridized carbons (Fsp3) is 0.643. The minimum Gasteiger partial charge on any atom is -0.464 e. The van der Waals surface area contributed by atoms with Gasteiger partial charge in [0.05, 0.1) is 18.7 Å². The quantitative estimate of drug-likeness (QED) is 0.427. The SMILES string of the molecule is COCCN(Cc1cc(C(=O)NN)c(C)o1)CC(C)C. The summed E-state index contributed by atoms with van der Waals surface area (Å²) in [6.07, 6.45) is 0. The van der Waals surface area contributed by atoms with Gasteiger partial charge < -0.3 is 9.15 Å². The number of hydrogen-bond acceptors (Lipinski definition) is 5. The van der Waals surface area contributed by atoms with E-state index in [4.69, 9.17) is 15.0 Å². The van der Waals surface area contributed by atoms with Crippen molar-refractivity contribution in [2.75, 3.05) is 26.8 Å². The van der Waals surface area contributed by atoms with E-state index in [0.29, 0.717) is 30.4 Å². The van der Waals surface area contributed by atoms with Crippen LogP contribution in [0.5, 0.6) is 0 Å². The molecule has 0 bridgehead atoms. The molecule has 1 amide bonds. The van der Waals surface area contributed by atoms with Gasteiger partial charge in [-0.05, 0) is 18.9 Å². The van der Waals surface area contributed by atoms with Crippen molar-refractivity contribution in [3.8, 4) is 0 Å². The zero-order valence-electron chi connectivity index (χ0n) is 12.7. The highest BCUT2D eigenvalue weighted by molar-refractivity contribution is 5.94. The zero-order valence-corrected chi connectivity index (χ0v) is 12.7. The molecule has 3 N–H and O–H groups in total. The van der Waals surface area contributed by atoms with Crippen LogP contribution in [0.4, 0.5) is 0 Å². The largest absolute Gasteiger partial charge is 0.464 e. The first-order valence-electron chi connectivity index (χ1n) is 6.79. The van der Waals surface area contributed by atoms with E-state index < -0.39 is 0 Å². The standard InChI is InChI=1S/C14H25N3O3/c1-10(2)8-17(5-6-19-4)9-12-7-13(11(3)20-12)14(18)16-15/h7,10H,5-6,8-9,15H2,1-4H3,(H,16,18). The van der Waals surface area contributed by atoms with Crippen molar-refractivity contribution < 1.29 is 13.9 Å². The van der Waals surface area contributed by atoms with Gasteiger partial charge in [0.25, 0.3) is 5.91 Å². The topological polar surface area (TPSA) is 80.7 Å². The molecule has 1 rings (SSSR count). The maximum atomic E-state index is 11.6. The number of nitrogen functional groups attached to an aromatic ring is 1. The number of hydrogen-bond donors (Lipinski definition) is 2. The number of furan rings is 1. The number of carbonyl (C=O) groups is 1. The number of hydrazine groups is 1. The smallest absolute Gasteiger partial charge is 0.268 e. The van der Waals surface area contributed by atoms with Crippen molar-refractivity contribution in [2.45, 2.75) is 27.3 Å². The number of methoxy groups -OCH3 is 1. The second-order valence-electron chi connectivity index (χ2n) is 5.28. The molecule has 0 saturated carbocycles. The number of amides is 1. The molecule has 0 fully saturated rings. The first kappa shape index (κ1) is 16.7. The number of nitrogens with two attached hydrogens (primary N) is 1. The van der Waals surface area contributed by atoms with Crippen molar-refractivity contribution >= 4 is 5.91 Å². The van der Waals surface area contributed by atoms with E-state index in [-0.39, 0.29) is 5.91 Å². The van der Waals surface area contributed by atoms with Crippen LogP contribution in [-0.2, 0) is 11.3 Å². The Bertz CT molecular complexity index is 429. The Morgan fingerprint density at radius 2 is 2.25 bits per heavy atom. The molecule has 0 aliphatic heterocycles. The highest BCUT2D eigenvalue weighted by atomic mass is 16.5. The number of carbonyl (C=O) groups excluding carboxylic acids is 1. The van der Waals surface area contributed by atoms with Crippen LogP contribution in [-0.4, -0.2) is 37.6 Å². The van der Waals surface area contributed by atoms with Crippen LogP contribution in [0.25, 0.3) is 0 Å². The Morgan fingerprint density at radius 1 is 1.55 bits per heavy atom. The molecular weight excluding hydrogens is 258 g/mol. The van der Waals surface area contributed by atoms with Crippen molar-refractivity contribution in [2.24, 2.45) is 11.8 Å². The third-order valence-corrected chi connectivity index (χ3v) is 2.96. The molecular formula is C14H25N3O3. The van der Waals surface area contributed by atoms with Gasteiger partial charge in [0.15, 0.2) is 0 Å². The van der Waals surface area contributed by atoms with Crippen molar-refractivity contribution in [3.05, 3.63) is 23.2 Å². The summed E-state index contributed by atoms with van der Waals surface area (Å²) in [4.78, 5) is 13.8.